The van der Waals surface area contributed by atoms with E-state index in [1.807, 2.05) is 6.92 Å². The highest BCUT2D eigenvalue weighted by Gasteiger charge is 2.22. The topological polar surface area (TPSA) is 63.2 Å². The summed E-state index contributed by atoms with van der Waals surface area (Å²) in [5.41, 5.74) is 1.93. The molecule has 2 aromatic carbocycles. The van der Waals surface area contributed by atoms with Crippen molar-refractivity contribution in [3.8, 4) is 0 Å². The molecule has 1 N–H and O–H groups in total. The van der Waals surface area contributed by atoms with Crippen molar-refractivity contribution in [2.75, 3.05) is 5.32 Å². The first-order valence-electron chi connectivity index (χ1n) is 6.52. The van der Waals surface area contributed by atoms with Crippen molar-refractivity contribution in [3.63, 3.8) is 0 Å². The second-order valence-corrected chi connectivity index (χ2v) is 6.80. The summed E-state index contributed by atoms with van der Waals surface area (Å²) < 4.78 is 25.4. The van der Waals surface area contributed by atoms with Gasteiger partial charge in [0.1, 0.15) is 0 Å². The van der Waals surface area contributed by atoms with Crippen LogP contribution in [0.25, 0.3) is 0 Å². The van der Waals surface area contributed by atoms with Crippen molar-refractivity contribution in [1.82, 2.24) is 0 Å². The Kier molecular flexibility index (Phi) is 4.14. The monoisotopic (exact) mass is 303 g/mol. The van der Waals surface area contributed by atoms with E-state index in [2.05, 4.69) is 5.32 Å². The molecule has 0 aliphatic rings. The Bertz CT molecular complexity index is 781. The number of carbonyl (C=O) groups is 1. The van der Waals surface area contributed by atoms with Crippen LogP contribution >= 0.6 is 0 Å². The van der Waals surface area contributed by atoms with Crippen molar-refractivity contribution in [1.29, 1.82) is 0 Å². The van der Waals surface area contributed by atoms with Crippen LogP contribution in [0.5, 0.6) is 0 Å². The van der Waals surface area contributed by atoms with Gasteiger partial charge in [0.2, 0.25) is 15.7 Å². The maximum absolute atomic E-state index is 12.7. The molecule has 110 valence electrons. The molecule has 2 rings (SSSR count). The largest absolute Gasteiger partial charge is 0.326 e. The highest BCUT2D eigenvalue weighted by molar-refractivity contribution is 7.91. The summed E-state index contributed by atoms with van der Waals surface area (Å²) in [7, 11) is -3.60. The Morgan fingerprint density at radius 1 is 1.00 bits per heavy atom. The molecule has 0 aliphatic heterocycles. The van der Waals surface area contributed by atoms with E-state index in [1.165, 1.54) is 6.92 Å². The van der Waals surface area contributed by atoms with Crippen LogP contribution < -0.4 is 5.32 Å². The molecule has 0 atom stereocenters. The van der Waals surface area contributed by atoms with Crippen LogP contribution in [-0.2, 0) is 14.6 Å². The van der Waals surface area contributed by atoms with Crippen LogP contribution in [-0.4, -0.2) is 14.3 Å². The van der Waals surface area contributed by atoms with Crippen molar-refractivity contribution in [3.05, 3.63) is 53.6 Å². The van der Waals surface area contributed by atoms with E-state index in [9.17, 15) is 13.2 Å². The Morgan fingerprint density at radius 3 is 2.19 bits per heavy atom. The van der Waals surface area contributed by atoms with Crippen LogP contribution in [0, 0.1) is 13.8 Å². The zero-order chi connectivity index (χ0) is 15.6. The van der Waals surface area contributed by atoms with Gasteiger partial charge in [0.15, 0.2) is 0 Å². The summed E-state index contributed by atoms with van der Waals surface area (Å²) in [5.74, 6) is -0.226. The molecule has 0 radical (unpaired) electrons. The van der Waals surface area contributed by atoms with E-state index in [4.69, 9.17) is 0 Å². The predicted octanol–water partition coefficient (Wildman–Crippen LogP) is 3.09. The third-order valence-corrected chi connectivity index (χ3v) is 5.18. The number of carbonyl (C=O) groups excluding carboxylic acids is 1. The maximum atomic E-state index is 12.7. The fourth-order valence-corrected chi connectivity index (χ4v) is 3.74. The quantitative estimate of drug-likeness (QED) is 0.947. The van der Waals surface area contributed by atoms with Gasteiger partial charge < -0.3 is 5.32 Å². The minimum Gasteiger partial charge on any atom is -0.326 e. The molecular weight excluding hydrogens is 286 g/mol. The molecule has 0 saturated heterocycles. The van der Waals surface area contributed by atoms with Gasteiger partial charge in [0, 0.05) is 12.6 Å². The third-order valence-electron chi connectivity index (χ3n) is 3.27. The fourth-order valence-electron chi connectivity index (χ4n) is 2.21. The Balaban J connectivity index is 2.63. The molecular formula is C16H17NO3S. The summed E-state index contributed by atoms with van der Waals surface area (Å²) in [4.78, 5) is 11.7. The van der Waals surface area contributed by atoms with Crippen molar-refractivity contribution in [2.24, 2.45) is 0 Å². The van der Waals surface area contributed by atoms with Crippen LogP contribution in [0.4, 0.5) is 5.69 Å². The van der Waals surface area contributed by atoms with Gasteiger partial charge in [-0.2, -0.15) is 0 Å². The van der Waals surface area contributed by atoms with Gasteiger partial charge >= 0.3 is 0 Å². The minimum absolute atomic E-state index is 0.211. The van der Waals surface area contributed by atoms with Crippen molar-refractivity contribution in [2.45, 2.75) is 30.6 Å². The Morgan fingerprint density at radius 2 is 1.62 bits per heavy atom. The first-order valence-corrected chi connectivity index (χ1v) is 8.00. The van der Waals surface area contributed by atoms with Gasteiger partial charge in [0.05, 0.1) is 9.79 Å². The van der Waals surface area contributed by atoms with E-state index in [-0.39, 0.29) is 15.7 Å². The summed E-state index contributed by atoms with van der Waals surface area (Å²) in [6.07, 6.45) is 0. The number of rotatable bonds is 3. The second kappa shape index (κ2) is 5.69. The molecule has 0 saturated carbocycles. The minimum atomic E-state index is -3.60. The molecule has 2 aromatic rings. The van der Waals surface area contributed by atoms with Crippen molar-refractivity contribution >= 4 is 21.4 Å². The highest BCUT2D eigenvalue weighted by Crippen LogP contribution is 2.30. The van der Waals surface area contributed by atoms with Crippen LogP contribution in [0.1, 0.15) is 18.1 Å². The number of benzene rings is 2. The van der Waals surface area contributed by atoms with Gasteiger partial charge in [-0.25, -0.2) is 8.42 Å². The molecule has 0 aliphatic carbocycles. The van der Waals surface area contributed by atoms with Gasteiger partial charge in [0.25, 0.3) is 0 Å². The average Bonchev–Trinajstić information content (AvgIpc) is 2.44. The van der Waals surface area contributed by atoms with Gasteiger partial charge in [-0.3, -0.25) is 4.79 Å². The summed E-state index contributed by atoms with van der Waals surface area (Å²) in [6, 6.07) is 11.5. The lowest BCUT2D eigenvalue weighted by molar-refractivity contribution is -0.114. The Labute approximate surface area is 124 Å². The van der Waals surface area contributed by atoms with Gasteiger partial charge in [-0.1, -0.05) is 24.3 Å². The van der Waals surface area contributed by atoms with E-state index < -0.39 is 9.84 Å². The van der Waals surface area contributed by atoms with E-state index in [1.54, 1.807) is 49.4 Å². The number of hydrogen-bond donors (Lipinski definition) is 1. The number of hydrogen-bond acceptors (Lipinski definition) is 3. The van der Waals surface area contributed by atoms with Gasteiger partial charge in [-0.15, -0.1) is 0 Å². The molecule has 21 heavy (non-hydrogen) atoms. The second-order valence-electron chi connectivity index (χ2n) is 4.88. The molecule has 4 nitrogen and oxygen atoms in total. The van der Waals surface area contributed by atoms with E-state index in [0.29, 0.717) is 11.3 Å². The Hall–Kier alpha value is -2.14. The summed E-state index contributed by atoms with van der Waals surface area (Å²) >= 11 is 0. The normalized spacial score (nSPS) is 11.2. The molecule has 0 spiro atoms. The summed E-state index contributed by atoms with van der Waals surface area (Å²) in [5, 5.41) is 2.70. The third kappa shape index (κ3) is 2.97. The maximum Gasteiger partial charge on any atom is 0.221 e. The molecule has 0 unspecified atom stereocenters. The number of sulfone groups is 1. The smallest absolute Gasteiger partial charge is 0.221 e. The highest BCUT2D eigenvalue weighted by atomic mass is 32.2. The average molecular weight is 303 g/mol. The van der Waals surface area contributed by atoms with Crippen LogP contribution in [0.2, 0.25) is 0 Å². The lowest BCUT2D eigenvalue weighted by atomic mass is 10.1. The van der Waals surface area contributed by atoms with E-state index in [0.717, 1.165) is 5.56 Å². The van der Waals surface area contributed by atoms with Crippen molar-refractivity contribution < 1.29 is 13.2 Å². The number of anilines is 1. The molecule has 0 aromatic heterocycles. The molecule has 5 heteroatoms. The van der Waals surface area contributed by atoms with Gasteiger partial charge in [-0.05, 0) is 43.2 Å². The number of amides is 1. The predicted molar refractivity (Wildman–Crippen MR) is 82.1 cm³/mol. The van der Waals surface area contributed by atoms with Crippen LogP contribution in [0.15, 0.2) is 52.3 Å². The molecule has 0 heterocycles. The SMILES string of the molecule is CC(=O)Nc1c(C)ccc(S(=O)(=O)c2ccccc2)c1C. The lowest BCUT2D eigenvalue weighted by Gasteiger charge is -2.15. The van der Waals surface area contributed by atoms with Crippen LogP contribution in [0.3, 0.4) is 0 Å². The standard InChI is InChI=1S/C16H17NO3S/c1-11-9-10-15(12(2)16(11)17-13(3)18)21(19,20)14-7-5-4-6-8-14/h4-10H,1-3H3,(H,17,18). The fraction of sp³-hybridized carbons (Fsp3) is 0.188. The number of nitrogens with one attached hydrogen (secondary N) is 1. The summed E-state index contributed by atoms with van der Waals surface area (Å²) in [6.45, 7) is 4.93. The lowest BCUT2D eigenvalue weighted by Crippen LogP contribution is -2.12. The number of aryl methyl sites for hydroxylation is 1. The zero-order valence-electron chi connectivity index (χ0n) is 12.2. The molecule has 0 fully saturated rings. The first kappa shape index (κ1) is 15.3. The molecule has 1 amide bonds. The zero-order valence-corrected chi connectivity index (χ0v) is 13.0. The first-order chi connectivity index (χ1) is 9.84. The molecule has 0 bridgehead atoms. The van der Waals surface area contributed by atoms with E-state index >= 15 is 0 Å².